The van der Waals surface area contributed by atoms with Gasteiger partial charge in [0, 0.05) is 68.4 Å². The van der Waals surface area contributed by atoms with Crippen molar-refractivity contribution < 1.29 is 18.4 Å². The summed E-state index contributed by atoms with van der Waals surface area (Å²) in [5, 5.41) is 11.6. The molecule has 2 atom stereocenters. The molecule has 0 radical (unpaired) electrons. The van der Waals surface area contributed by atoms with Gasteiger partial charge in [0.2, 0.25) is 5.95 Å². The van der Waals surface area contributed by atoms with Gasteiger partial charge in [0.15, 0.2) is 0 Å². The lowest BCUT2D eigenvalue weighted by atomic mass is 10.00. The van der Waals surface area contributed by atoms with E-state index in [4.69, 9.17) is 14.5 Å². The number of piperidine rings is 1. The first-order valence-electron chi connectivity index (χ1n) is 14.5. The second-order valence-corrected chi connectivity index (χ2v) is 15.4. The van der Waals surface area contributed by atoms with Crippen molar-refractivity contribution in [3.05, 3.63) is 59.7 Å². The summed E-state index contributed by atoms with van der Waals surface area (Å²) in [7, 11) is 2.19. The lowest BCUT2D eigenvalue weighted by Crippen LogP contribution is -2.45. The quantitative estimate of drug-likeness (QED) is 0.178. The summed E-state index contributed by atoms with van der Waals surface area (Å²) in [6.45, 7) is 4.22. The molecule has 6 rings (SSSR count). The summed E-state index contributed by atoms with van der Waals surface area (Å²) in [5.74, 6) is 1.27. The highest BCUT2D eigenvalue weighted by molar-refractivity contribution is 9.10. The zero-order valence-electron chi connectivity index (χ0n) is 26.0. The standard InChI is InChI=1S/C31H34BrFN9O3P/c1-41-16-18(14-37-41)19-12-24(27(45-3)13-25(19)42-11-8-26(44-2)21(33)17-42)39-31-36-15-20(32)30(40-31)38-23-7-6-22-28(35-10-9-34-22)29(23)46(4,5)43/h6-7,9-10,12-16,21,26H,8,11,17H2,1-5H3,(H2,36,38,39,40)/t21-,26+/m1/s1. The zero-order chi connectivity index (χ0) is 32.6. The normalized spacial score (nSPS) is 16.9. The van der Waals surface area contributed by atoms with E-state index in [1.807, 2.05) is 42.4 Å². The Bertz CT molecular complexity index is 1950. The van der Waals surface area contributed by atoms with E-state index >= 15 is 0 Å². The zero-order valence-corrected chi connectivity index (χ0v) is 28.5. The molecule has 15 heteroatoms. The molecule has 5 aromatic rings. The maximum Gasteiger partial charge on any atom is 0.229 e. The van der Waals surface area contributed by atoms with Crippen LogP contribution in [0.25, 0.3) is 22.2 Å². The van der Waals surface area contributed by atoms with E-state index in [0.29, 0.717) is 56.7 Å². The smallest absolute Gasteiger partial charge is 0.229 e. The van der Waals surface area contributed by atoms with Crippen molar-refractivity contribution in [1.82, 2.24) is 29.7 Å². The van der Waals surface area contributed by atoms with E-state index in [2.05, 4.69) is 46.6 Å². The molecule has 0 amide bonds. The monoisotopic (exact) mass is 709 g/mol. The average molecular weight is 711 g/mol. The summed E-state index contributed by atoms with van der Waals surface area (Å²) in [5.41, 5.74) is 4.97. The molecule has 4 heterocycles. The van der Waals surface area contributed by atoms with Crippen molar-refractivity contribution in [3.8, 4) is 16.9 Å². The molecule has 1 aliphatic rings. The van der Waals surface area contributed by atoms with Gasteiger partial charge in [-0.15, -0.1) is 0 Å². The molecule has 46 heavy (non-hydrogen) atoms. The Balaban J connectivity index is 1.37. The lowest BCUT2D eigenvalue weighted by molar-refractivity contribution is 0.0197. The van der Waals surface area contributed by atoms with Gasteiger partial charge in [0.1, 0.15) is 30.4 Å². The van der Waals surface area contributed by atoms with E-state index in [-0.39, 0.29) is 12.5 Å². The number of benzene rings is 2. The molecule has 0 saturated carbocycles. The van der Waals surface area contributed by atoms with Crippen LogP contribution in [-0.2, 0) is 16.3 Å². The maximum absolute atomic E-state index is 15.0. The van der Waals surface area contributed by atoms with E-state index in [1.165, 1.54) is 0 Å². The summed E-state index contributed by atoms with van der Waals surface area (Å²) in [6.07, 6.45) is 7.50. The minimum atomic E-state index is -2.79. The number of anilines is 5. The molecule has 2 aromatic carbocycles. The minimum absolute atomic E-state index is 0.192. The summed E-state index contributed by atoms with van der Waals surface area (Å²) < 4.78 is 41.9. The SMILES string of the molecule is COc1cc(N2CC[C@H](OC)[C@H](F)C2)c(-c2cnn(C)c2)cc1Nc1ncc(Br)c(Nc2ccc3nccnc3c2P(C)(C)=O)n1. The van der Waals surface area contributed by atoms with Crippen molar-refractivity contribution in [2.75, 3.05) is 56.2 Å². The van der Waals surface area contributed by atoms with Crippen LogP contribution in [0.5, 0.6) is 5.75 Å². The van der Waals surface area contributed by atoms with Gasteiger partial charge in [0.05, 0.1) is 52.6 Å². The van der Waals surface area contributed by atoms with Gasteiger partial charge in [-0.05, 0) is 53.9 Å². The predicted octanol–water partition coefficient (Wildman–Crippen LogP) is 5.89. The Morgan fingerprint density at radius 1 is 1.07 bits per heavy atom. The molecule has 240 valence electrons. The Morgan fingerprint density at radius 2 is 1.87 bits per heavy atom. The largest absolute Gasteiger partial charge is 0.494 e. The van der Waals surface area contributed by atoms with E-state index in [0.717, 1.165) is 16.8 Å². The number of methoxy groups -OCH3 is 2. The van der Waals surface area contributed by atoms with Crippen molar-refractivity contribution >= 4 is 68.2 Å². The number of hydrogen-bond donors (Lipinski definition) is 2. The number of fused-ring (bicyclic) bond motifs is 1. The molecular formula is C31H34BrFN9O3P. The van der Waals surface area contributed by atoms with Crippen LogP contribution in [0.3, 0.4) is 0 Å². The molecule has 0 bridgehead atoms. The van der Waals surface area contributed by atoms with Gasteiger partial charge < -0.3 is 29.6 Å². The number of rotatable bonds is 9. The predicted molar refractivity (Wildman–Crippen MR) is 183 cm³/mol. The minimum Gasteiger partial charge on any atom is -0.494 e. The number of nitrogens with zero attached hydrogens (tertiary/aromatic N) is 7. The van der Waals surface area contributed by atoms with Gasteiger partial charge in [-0.3, -0.25) is 14.6 Å². The Labute approximate surface area is 274 Å². The number of aromatic nitrogens is 6. The van der Waals surface area contributed by atoms with Crippen LogP contribution >= 0.6 is 23.1 Å². The lowest BCUT2D eigenvalue weighted by Gasteiger charge is -2.36. The topological polar surface area (TPSA) is 132 Å². The van der Waals surface area contributed by atoms with Gasteiger partial charge in [-0.2, -0.15) is 10.1 Å². The molecule has 12 nitrogen and oxygen atoms in total. The molecule has 1 aliphatic heterocycles. The van der Waals surface area contributed by atoms with Gasteiger partial charge in [0.25, 0.3) is 0 Å². The van der Waals surface area contributed by atoms with Crippen LogP contribution in [0.1, 0.15) is 6.42 Å². The van der Waals surface area contributed by atoms with Crippen LogP contribution in [0.15, 0.2) is 59.7 Å². The number of nitrogens with one attached hydrogen (secondary N) is 2. The highest BCUT2D eigenvalue weighted by Gasteiger charge is 2.31. The first-order chi connectivity index (χ1) is 22.0. The van der Waals surface area contributed by atoms with Crippen molar-refractivity contribution in [2.24, 2.45) is 7.05 Å². The third kappa shape index (κ3) is 6.42. The van der Waals surface area contributed by atoms with Crippen LogP contribution < -0.4 is 25.6 Å². The molecule has 1 saturated heterocycles. The van der Waals surface area contributed by atoms with E-state index in [9.17, 15) is 8.96 Å². The van der Waals surface area contributed by atoms with E-state index < -0.39 is 19.4 Å². The van der Waals surface area contributed by atoms with Crippen LogP contribution in [0.2, 0.25) is 0 Å². The first kappa shape index (κ1) is 31.8. The van der Waals surface area contributed by atoms with Crippen LogP contribution in [-0.4, -0.2) is 82.6 Å². The summed E-state index contributed by atoms with van der Waals surface area (Å²) in [4.78, 5) is 20.1. The third-order valence-electron chi connectivity index (χ3n) is 7.85. The summed E-state index contributed by atoms with van der Waals surface area (Å²) >= 11 is 3.55. The highest BCUT2D eigenvalue weighted by Crippen LogP contribution is 2.43. The fourth-order valence-corrected chi connectivity index (χ4v) is 7.37. The number of hydrogen-bond acceptors (Lipinski definition) is 11. The average Bonchev–Trinajstić information content (AvgIpc) is 3.47. The van der Waals surface area contributed by atoms with E-state index in [1.54, 1.807) is 57.0 Å². The fourth-order valence-electron chi connectivity index (χ4n) is 5.69. The maximum atomic E-state index is 15.0. The molecule has 2 N–H and O–H groups in total. The summed E-state index contributed by atoms with van der Waals surface area (Å²) in [6, 6.07) is 7.48. The molecule has 0 spiro atoms. The van der Waals surface area contributed by atoms with Crippen LogP contribution in [0.4, 0.5) is 33.2 Å². The molecular weight excluding hydrogens is 676 g/mol. The second-order valence-electron chi connectivity index (χ2n) is 11.4. The highest BCUT2D eigenvalue weighted by atomic mass is 79.9. The van der Waals surface area contributed by atoms with Gasteiger partial charge in [-0.25, -0.2) is 9.37 Å². The third-order valence-corrected chi connectivity index (χ3v) is 9.96. The molecule has 0 unspecified atom stereocenters. The van der Waals surface area contributed by atoms with Crippen molar-refractivity contribution in [3.63, 3.8) is 0 Å². The van der Waals surface area contributed by atoms with Crippen molar-refractivity contribution in [2.45, 2.75) is 18.7 Å². The second kappa shape index (κ2) is 12.9. The Morgan fingerprint density at radius 3 is 2.57 bits per heavy atom. The number of halogens is 2. The Hall–Kier alpha value is -4.13. The molecule has 0 aliphatic carbocycles. The van der Waals surface area contributed by atoms with Crippen LogP contribution in [0, 0.1) is 0 Å². The number of alkyl halides is 1. The molecule has 1 fully saturated rings. The Kier molecular flexibility index (Phi) is 8.95. The van der Waals surface area contributed by atoms with Crippen molar-refractivity contribution in [1.29, 1.82) is 0 Å². The fraction of sp³-hybridized carbons (Fsp3) is 0.323. The molecule has 3 aromatic heterocycles. The number of aryl methyl sites for hydroxylation is 1. The first-order valence-corrected chi connectivity index (χ1v) is 17.9. The van der Waals surface area contributed by atoms with Gasteiger partial charge >= 0.3 is 0 Å². The van der Waals surface area contributed by atoms with Gasteiger partial charge in [-0.1, -0.05) is 0 Å². The number of ether oxygens (including phenoxy) is 2.